The maximum atomic E-state index is 12.8. The normalized spacial score (nSPS) is 17.5. The van der Waals surface area contributed by atoms with Crippen LogP contribution >= 0.6 is 0 Å². The zero-order valence-corrected chi connectivity index (χ0v) is 14.1. The van der Waals surface area contributed by atoms with E-state index in [4.69, 9.17) is 4.74 Å². The first-order valence-corrected chi connectivity index (χ1v) is 8.61. The van der Waals surface area contributed by atoms with Crippen LogP contribution in [0.25, 0.3) is 0 Å². The molecule has 0 bridgehead atoms. The number of hydrogen-bond acceptors (Lipinski definition) is 3. The first-order chi connectivity index (χ1) is 11.8. The Balaban J connectivity index is 1.70. The lowest BCUT2D eigenvalue weighted by molar-refractivity contribution is -0.135. The topological polar surface area (TPSA) is 42.4 Å². The summed E-state index contributed by atoms with van der Waals surface area (Å²) in [5.74, 6) is 1.06. The van der Waals surface area contributed by atoms with Crippen LogP contribution in [0, 0.1) is 0 Å². The van der Waals surface area contributed by atoms with Crippen LogP contribution < -0.4 is 4.74 Å². The van der Waals surface area contributed by atoms with Gasteiger partial charge in [-0.25, -0.2) is 0 Å². The molecule has 2 aromatic rings. The van der Waals surface area contributed by atoms with Gasteiger partial charge in [-0.05, 0) is 55.5 Å². The highest BCUT2D eigenvalue weighted by Crippen LogP contribution is 2.33. The lowest BCUT2D eigenvalue weighted by Crippen LogP contribution is -2.38. The Hall–Kier alpha value is -2.36. The minimum Gasteiger partial charge on any atom is -0.497 e. The average molecular weight is 324 g/mol. The van der Waals surface area contributed by atoms with E-state index in [-0.39, 0.29) is 11.9 Å². The van der Waals surface area contributed by atoms with Gasteiger partial charge >= 0.3 is 0 Å². The number of pyridine rings is 1. The first-order valence-electron chi connectivity index (χ1n) is 8.61. The molecule has 0 spiro atoms. The van der Waals surface area contributed by atoms with Gasteiger partial charge in [0.2, 0.25) is 5.91 Å². The molecule has 0 radical (unpaired) electrons. The van der Waals surface area contributed by atoms with Gasteiger partial charge in [0, 0.05) is 24.9 Å². The summed E-state index contributed by atoms with van der Waals surface area (Å²) in [5.41, 5.74) is 2.14. The molecule has 1 saturated heterocycles. The zero-order valence-electron chi connectivity index (χ0n) is 14.1. The number of hydrogen-bond donors (Lipinski definition) is 0. The third-order valence-electron chi connectivity index (χ3n) is 4.62. The number of carbonyl (C=O) groups excluding carboxylic acids is 1. The molecule has 0 saturated carbocycles. The lowest BCUT2D eigenvalue weighted by Gasteiger charge is -2.36. The third kappa shape index (κ3) is 3.94. The van der Waals surface area contributed by atoms with Crippen molar-refractivity contribution in [2.45, 2.75) is 38.1 Å². The summed E-state index contributed by atoms with van der Waals surface area (Å²) in [5, 5.41) is 0. The highest BCUT2D eigenvalue weighted by molar-refractivity contribution is 5.77. The number of aromatic nitrogens is 1. The van der Waals surface area contributed by atoms with Gasteiger partial charge in [-0.15, -0.1) is 0 Å². The number of ether oxygens (including phenoxy) is 1. The lowest BCUT2D eigenvalue weighted by atomic mass is 9.94. The van der Waals surface area contributed by atoms with Gasteiger partial charge < -0.3 is 9.64 Å². The van der Waals surface area contributed by atoms with Crippen molar-refractivity contribution in [3.63, 3.8) is 0 Å². The Morgan fingerprint density at radius 3 is 2.96 bits per heavy atom. The van der Waals surface area contributed by atoms with E-state index in [0.717, 1.165) is 37.3 Å². The number of carbonyl (C=O) groups is 1. The summed E-state index contributed by atoms with van der Waals surface area (Å²) >= 11 is 0. The van der Waals surface area contributed by atoms with E-state index >= 15 is 0 Å². The fraction of sp³-hybridized carbons (Fsp3) is 0.400. The Kier molecular flexibility index (Phi) is 5.47. The second kappa shape index (κ2) is 7.95. The van der Waals surface area contributed by atoms with Crippen molar-refractivity contribution in [3.8, 4) is 5.75 Å². The molecule has 2 heterocycles. The summed E-state index contributed by atoms with van der Waals surface area (Å²) < 4.78 is 5.34. The van der Waals surface area contributed by atoms with E-state index in [2.05, 4.69) is 17.1 Å². The van der Waals surface area contributed by atoms with Gasteiger partial charge in [0.15, 0.2) is 0 Å². The summed E-state index contributed by atoms with van der Waals surface area (Å²) in [6, 6.07) is 14.1. The molecule has 24 heavy (non-hydrogen) atoms. The quantitative estimate of drug-likeness (QED) is 0.840. The van der Waals surface area contributed by atoms with E-state index in [1.165, 1.54) is 5.56 Å². The van der Waals surface area contributed by atoms with E-state index < -0.39 is 0 Å². The van der Waals surface area contributed by atoms with Crippen molar-refractivity contribution in [2.75, 3.05) is 13.7 Å². The number of rotatable bonds is 5. The van der Waals surface area contributed by atoms with Crippen LogP contribution in [0.3, 0.4) is 0 Å². The maximum absolute atomic E-state index is 12.8. The molecule has 1 amide bonds. The smallest absolute Gasteiger partial charge is 0.223 e. The number of methoxy groups -OCH3 is 1. The largest absolute Gasteiger partial charge is 0.497 e. The molecule has 0 aliphatic carbocycles. The second-order valence-corrected chi connectivity index (χ2v) is 6.20. The Morgan fingerprint density at radius 1 is 1.25 bits per heavy atom. The first kappa shape index (κ1) is 16.5. The molecule has 0 unspecified atom stereocenters. The van der Waals surface area contributed by atoms with Gasteiger partial charge in [-0.2, -0.15) is 0 Å². The van der Waals surface area contributed by atoms with E-state index in [9.17, 15) is 4.79 Å². The van der Waals surface area contributed by atoms with Crippen molar-refractivity contribution in [1.82, 2.24) is 9.88 Å². The number of benzene rings is 1. The standard InChI is InChI=1S/C20H24N2O2/c1-24-18-9-6-7-16(15-18)19-10-3-5-14-22(19)20(23)12-11-17-8-2-4-13-21-17/h2,4,6-9,13,15,19H,3,5,10-12,14H2,1H3/t19-/m0/s1. The average Bonchev–Trinajstić information content (AvgIpc) is 2.67. The number of nitrogens with zero attached hydrogens (tertiary/aromatic N) is 2. The van der Waals surface area contributed by atoms with Crippen LogP contribution in [-0.2, 0) is 11.2 Å². The Bertz CT molecular complexity index is 672. The molecule has 1 aliphatic rings. The molecule has 1 aromatic heterocycles. The molecular weight excluding hydrogens is 300 g/mol. The van der Waals surface area contributed by atoms with Gasteiger partial charge in [0.05, 0.1) is 13.2 Å². The molecule has 0 N–H and O–H groups in total. The highest BCUT2D eigenvalue weighted by atomic mass is 16.5. The minimum atomic E-state index is 0.157. The molecule has 1 aliphatic heterocycles. The van der Waals surface area contributed by atoms with Crippen LogP contribution in [0.1, 0.15) is 43.0 Å². The summed E-state index contributed by atoms with van der Waals surface area (Å²) in [4.78, 5) is 19.1. The monoisotopic (exact) mass is 324 g/mol. The van der Waals surface area contributed by atoms with E-state index in [1.807, 2.05) is 35.2 Å². The molecule has 4 heteroatoms. The predicted octanol–water partition coefficient (Wildman–Crippen LogP) is 3.78. The number of likely N-dealkylation sites (tertiary alicyclic amines) is 1. The predicted molar refractivity (Wildman–Crippen MR) is 93.9 cm³/mol. The van der Waals surface area contributed by atoms with Crippen molar-refractivity contribution < 1.29 is 9.53 Å². The van der Waals surface area contributed by atoms with Crippen molar-refractivity contribution in [1.29, 1.82) is 0 Å². The Labute approximate surface area is 143 Å². The molecule has 4 nitrogen and oxygen atoms in total. The van der Waals surface area contributed by atoms with Gasteiger partial charge in [-0.3, -0.25) is 9.78 Å². The van der Waals surface area contributed by atoms with E-state index in [0.29, 0.717) is 12.8 Å². The number of amides is 1. The van der Waals surface area contributed by atoms with Crippen LogP contribution in [0.15, 0.2) is 48.7 Å². The third-order valence-corrected chi connectivity index (χ3v) is 4.62. The fourth-order valence-corrected chi connectivity index (χ4v) is 3.35. The van der Waals surface area contributed by atoms with Crippen molar-refractivity contribution >= 4 is 5.91 Å². The van der Waals surface area contributed by atoms with E-state index in [1.54, 1.807) is 13.3 Å². The maximum Gasteiger partial charge on any atom is 0.223 e. The molecule has 1 fully saturated rings. The molecule has 3 rings (SSSR count). The number of aryl methyl sites for hydroxylation is 1. The van der Waals surface area contributed by atoms with Crippen LogP contribution in [0.4, 0.5) is 0 Å². The van der Waals surface area contributed by atoms with Crippen LogP contribution in [-0.4, -0.2) is 29.4 Å². The van der Waals surface area contributed by atoms with Crippen molar-refractivity contribution in [3.05, 3.63) is 59.9 Å². The molecular formula is C20H24N2O2. The molecule has 1 atom stereocenters. The molecule has 126 valence electrons. The second-order valence-electron chi connectivity index (χ2n) is 6.20. The van der Waals surface area contributed by atoms with Crippen LogP contribution in [0.5, 0.6) is 5.75 Å². The van der Waals surface area contributed by atoms with Gasteiger partial charge in [-0.1, -0.05) is 18.2 Å². The number of piperidine rings is 1. The van der Waals surface area contributed by atoms with Crippen molar-refractivity contribution in [2.24, 2.45) is 0 Å². The van der Waals surface area contributed by atoms with Crippen LogP contribution in [0.2, 0.25) is 0 Å². The minimum absolute atomic E-state index is 0.157. The summed E-state index contributed by atoms with van der Waals surface area (Å²) in [6.07, 6.45) is 6.24. The Morgan fingerprint density at radius 2 is 2.17 bits per heavy atom. The van der Waals surface area contributed by atoms with Gasteiger partial charge in [0.25, 0.3) is 0 Å². The molecule has 1 aromatic carbocycles. The SMILES string of the molecule is COc1cccc([C@@H]2CCCCN2C(=O)CCc2ccccn2)c1. The highest BCUT2D eigenvalue weighted by Gasteiger charge is 2.27. The summed E-state index contributed by atoms with van der Waals surface area (Å²) in [6.45, 7) is 0.836. The zero-order chi connectivity index (χ0) is 16.8. The fourth-order valence-electron chi connectivity index (χ4n) is 3.35. The van der Waals surface area contributed by atoms with Gasteiger partial charge in [0.1, 0.15) is 5.75 Å². The summed E-state index contributed by atoms with van der Waals surface area (Å²) in [7, 11) is 1.68.